The predicted molar refractivity (Wildman–Crippen MR) is 77.0 cm³/mol. The molecular formula is C15H11NO4S. The number of rotatable bonds is 4. The number of carbonyl (C=O) groups excluding carboxylic acids is 1. The zero-order chi connectivity index (χ0) is 14.7. The van der Waals surface area contributed by atoms with Crippen LogP contribution in [-0.2, 0) is 11.3 Å². The molecule has 0 saturated heterocycles. The Labute approximate surface area is 124 Å². The zero-order valence-electron chi connectivity index (χ0n) is 10.9. The van der Waals surface area contributed by atoms with Crippen molar-refractivity contribution in [1.82, 2.24) is 4.98 Å². The quantitative estimate of drug-likeness (QED) is 0.747. The molecule has 0 saturated carbocycles. The van der Waals surface area contributed by atoms with Crippen molar-refractivity contribution in [3.05, 3.63) is 59.3 Å². The number of phenols is 1. The molecule has 0 aliphatic carbocycles. The summed E-state index contributed by atoms with van der Waals surface area (Å²) in [4.78, 5) is 17.0. The molecule has 1 aromatic carbocycles. The van der Waals surface area contributed by atoms with Gasteiger partial charge < -0.3 is 14.3 Å². The number of hydrogen-bond acceptors (Lipinski definition) is 6. The van der Waals surface area contributed by atoms with Crippen molar-refractivity contribution in [2.24, 2.45) is 0 Å². The lowest BCUT2D eigenvalue weighted by molar-refractivity contribution is 0.0468. The highest BCUT2D eigenvalue weighted by molar-refractivity contribution is 7.13. The Morgan fingerprint density at radius 1 is 1.29 bits per heavy atom. The largest absolute Gasteiger partial charge is 0.508 e. The van der Waals surface area contributed by atoms with Gasteiger partial charge in [-0.25, -0.2) is 9.78 Å². The molecular weight excluding hydrogens is 290 g/mol. The molecule has 0 radical (unpaired) electrons. The molecule has 1 N–H and O–H groups in total. The zero-order valence-corrected chi connectivity index (χ0v) is 11.7. The van der Waals surface area contributed by atoms with Crippen molar-refractivity contribution in [2.45, 2.75) is 6.61 Å². The van der Waals surface area contributed by atoms with E-state index in [1.807, 2.05) is 17.5 Å². The van der Waals surface area contributed by atoms with Gasteiger partial charge in [0.1, 0.15) is 24.3 Å². The lowest BCUT2D eigenvalue weighted by Crippen LogP contribution is -2.05. The maximum atomic E-state index is 11.8. The van der Waals surface area contributed by atoms with Crippen LogP contribution in [0.15, 0.2) is 52.5 Å². The molecule has 5 nitrogen and oxygen atoms in total. The summed E-state index contributed by atoms with van der Waals surface area (Å²) in [6.07, 6.45) is 1.47. The highest BCUT2D eigenvalue weighted by Crippen LogP contribution is 2.23. The number of aromatic hydroxyl groups is 1. The van der Waals surface area contributed by atoms with Gasteiger partial charge >= 0.3 is 5.97 Å². The first-order valence-electron chi connectivity index (χ1n) is 6.17. The van der Waals surface area contributed by atoms with Crippen molar-refractivity contribution in [3.8, 4) is 16.5 Å². The number of aromatic nitrogens is 1. The van der Waals surface area contributed by atoms with Gasteiger partial charge in [-0.05, 0) is 35.7 Å². The molecule has 2 aromatic heterocycles. The van der Waals surface area contributed by atoms with E-state index in [2.05, 4.69) is 4.98 Å². The summed E-state index contributed by atoms with van der Waals surface area (Å²) in [5.41, 5.74) is 0.917. The van der Waals surface area contributed by atoms with Crippen LogP contribution in [0.1, 0.15) is 16.1 Å². The molecule has 0 fully saturated rings. The SMILES string of the molecule is O=C(OCc1coc(-c2cccs2)n1)c1ccc(O)cc1. The van der Waals surface area contributed by atoms with Crippen LogP contribution in [0, 0.1) is 0 Å². The summed E-state index contributed by atoms with van der Waals surface area (Å²) in [5, 5.41) is 11.1. The average Bonchev–Trinajstić information content (AvgIpc) is 3.16. The highest BCUT2D eigenvalue weighted by atomic mass is 32.1. The summed E-state index contributed by atoms with van der Waals surface area (Å²) in [6, 6.07) is 9.68. The number of hydrogen-bond donors (Lipinski definition) is 1. The Morgan fingerprint density at radius 3 is 2.81 bits per heavy atom. The lowest BCUT2D eigenvalue weighted by atomic mass is 10.2. The van der Waals surface area contributed by atoms with E-state index in [0.29, 0.717) is 17.1 Å². The summed E-state index contributed by atoms with van der Waals surface area (Å²) in [6.45, 7) is 0.0363. The molecule has 106 valence electrons. The Hall–Kier alpha value is -2.60. The van der Waals surface area contributed by atoms with Crippen LogP contribution in [0.2, 0.25) is 0 Å². The van der Waals surface area contributed by atoms with E-state index in [1.54, 1.807) is 0 Å². The molecule has 3 rings (SSSR count). The summed E-state index contributed by atoms with van der Waals surface area (Å²) >= 11 is 1.52. The van der Waals surface area contributed by atoms with Crippen molar-refractivity contribution < 1.29 is 19.1 Å². The van der Waals surface area contributed by atoms with Crippen LogP contribution >= 0.6 is 11.3 Å². The maximum absolute atomic E-state index is 11.8. The first kappa shape index (κ1) is 13.4. The fourth-order valence-electron chi connectivity index (χ4n) is 1.71. The molecule has 0 unspecified atom stereocenters. The van der Waals surface area contributed by atoms with Crippen molar-refractivity contribution in [1.29, 1.82) is 0 Å². The van der Waals surface area contributed by atoms with Crippen molar-refractivity contribution in [3.63, 3.8) is 0 Å². The first-order chi connectivity index (χ1) is 10.2. The van der Waals surface area contributed by atoms with E-state index >= 15 is 0 Å². The molecule has 0 bridgehead atoms. The third-order valence-corrected chi connectivity index (χ3v) is 3.60. The van der Waals surface area contributed by atoms with Gasteiger partial charge in [0, 0.05) is 0 Å². The standard InChI is InChI=1S/C15H11NO4S/c17-12-5-3-10(4-6-12)15(18)20-9-11-8-19-14(16-11)13-2-1-7-21-13/h1-8,17H,9H2. The Morgan fingerprint density at radius 2 is 2.10 bits per heavy atom. The van der Waals surface area contributed by atoms with Gasteiger partial charge in [0.05, 0.1) is 10.4 Å². The van der Waals surface area contributed by atoms with E-state index in [9.17, 15) is 4.79 Å². The number of ether oxygens (including phenoxy) is 1. The van der Waals surface area contributed by atoms with Crippen LogP contribution in [0.3, 0.4) is 0 Å². The van der Waals surface area contributed by atoms with Gasteiger partial charge in [0.2, 0.25) is 5.89 Å². The lowest BCUT2D eigenvalue weighted by Gasteiger charge is -2.02. The maximum Gasteiger partial charge on any atom is 0.338 e. The number of phenolic OH excluding ortho intramolecular Hbond substituents is 1. The smallest absolute Gasteiger partial charge is 0.338 e. The van der Waals surface area contributed by atoms with Crippen LogP contribution in [0.4, 0.5) is 0 Å². The van der Waals surface area contributed by atoms with Crippen molar-refractivity contribution in [2.75, 3.05) is 0 Å². The molecule has 0 aliphatic heterocycles. The number of benzene rings is 1. The van der Waals surface area contributed by atoms with Crippen LogP contribution in [0.5, 0.6) is 5.75 Å². The van der Waals surface area contributed by atoms with E-state index in [1.165, 1.54) is 41.9 Å². The molecule has 6 heteroatoms. The van der Waals surface area contributed by atoms with Gasteiger partial charge in [0.25, 0.3) is 0 Å². The number of nitrogens with zero attached hydrogens (tertiary/aromatic N) is 1. The highest BCUT2D eigenvalue weighted by Gasteiger charge is 2.11. The van der Waals surface area contributed by atoms with E-state index in [4.69, 9.17) is 14.3 Å². The fourth-order valence-corrected chi connectivity index (χ4v) is 2.36. The molecule has 0 aliphatic rings. The third-order valence-electron chi connectivity index (χ3n) is 2.74. The Bertz CT molecular complexity index is 731. The van der Waals surface area contributed by atoms with Crippen LogP contribution < -0.4 is 0 Å². The molecule has 21 heavy (non-hydrogen) atoms. The molecule has 0 atom stereocenters. The monoisotopic (exact) mass is 301 g/mol. The number of thiophene rings is 1. The molecule has 0 amide bonds. The second-order valence-corrected chi connectivity index (χ2v) is 5.19. The van der Waals surface area contributed by atoms with Gasteiger partial charge in [-0.2, -0.15) is 0 Å². The Balaban J connectivity index is 1.62. The number of oxazole rings is 1. The minimum atomic E-state index is -0.476. The summed E-state index contributed by atoms with van der Waals surface area (Å²) in [7, 11) is 0. The van der Waals surface area contributed by atoms with Crippen molar-refractivity contribution >= 4 is 17.3 Å². The number of carbonyl (C=O) groups is 1. The minimum Gasteiger partial charge on any atom is -0.508 e. The third kappa shape index (κ3) is 3.11. The van der Waals surface area contributed by atoms with Crippen LogP contribution in [-0.4, -0.2) is 16.1 Å². The fraction of sp³-hybridized carbons (Fsp3) is 0.0667. The molecule has 0 spiro atoms. The molecule has 3 aromatic rings. The van der Waals surface area contributed by atoms with Gasteiger partial charge in [-0.3, -0.25) is 0 Å². The normalized spacial score (nSPS) is 10.5. The van der Waals surface area contributed by atoms with Crippen LogP contribution in [0.25, 0.3) is 10.8 Å². The predicted octanol–water partition coefficient (Wildman–Crippen LogP) is 3.47. The minimum absolute atomic E-state index is 0.0363. The Kier molecular flexibility index (Phi) is 3.70. The summed E-state index contributed by atoms with van der Waals surface area (Å²) < 4.78 is 10.5. The van der Waals surface area contributed by atoms with E-state index < -0.39 is 5.97 Å². The van der Waals surface area contributed by atoms with E-state index in [0.717, 1.165) is 4.88 Å². The van der Waals surface area contributed by atoms with E-state index in [-0.39, 0.29) is 12.4 Å². The second kappa shape index (κ2) is 5.80. The second-order valence-electron chi connectivity index (χ2n) is 4.24. The van der Waals surface area contributed by atoms with Gasteiger partial charge in [0.15, 0.2) is 0 Å². The van der Waals surface area contributed by atoms with Gasteiger partial charge in [-0.15, -0.1) is 11.3 Å². The topological polar surface area (TPSA) is 72.6 Å². The number of esters is 1. The molecule has 2 heterocycles. The summed E-state index contributed by atoms with van der Waals surface area (Å²) in [5.74, 6) is 0.139. The average molecular weight is 301 g/mol. The first-order valence-corrected chi connectivity index (χ1v) is 7.05. The van der Waals surface area contributed by atoms with Gasteiger partial charge in [-0.1, -0.05) is 6.07 Å².